The molecule has 4 N–H and O–H groups in total. The number of anilines is 1. The molecule has 4 aliphatic rings. The van der Waals surface area contributed by atoms with Crippen LogP contribution in [0.5, 0.6) is 0 Å². The number of nitrogens with one attached hydrogen (secondary N) is 2. The third kappa shape index (κ3) is 8.88. The van der Waals surface area contributed by atoms with Gasteiger partial charge < -0.3 is 30.5 Å². The quantitative estimate of drug-likeness (QED) is 0.182. The van der Waals surface area contributed by atoms with Crippen LogP contribution in [0.2, 0.25) is 0 Å². The summed E-state index contributed by atoms with van der Waals surface area (Å²) in [4.78, 5) is 35.6. The summed E-state index contributed by atoms with van der Waals surface area (Å²) in [5.41, 5.74) is 3.33. The number of nitrogens with zero attached hydrogens (tertiary/aromatic N) is 2. The molecule has 0 radical (unpaired) electrons. The van der Waals surface area contributed by atoms with Crippen molar-refractivity contribution in [3.8, 4) is 0 Å². The smallest absolute Gasteiger partial charge is 0.251 e. The first-order valence-electron chi connectivity index (χ1n) is 18.3. The van der Waals surface area contributed by atoms with Crippen molar-refractivity contribution in [2.24, 2.45) is 35.0 Å². The number of aliphatic hydroxyl groups is 2. The molecule has 1 aliphatic heterocycles. The van der Waals surface area contributed by atoms with Crippen molar-refractivity contribution in [1.82, 2.24) is 15.7 Å². The first kappa shape index (κ1) is 39.8. The van der Waals surface area contributed by atoms with E-state index >= 15 is 0 Å². The number of methoxy groups -OCH3 is 1. The number of hydroxylamine groups is 2. The van der Waals surface area contributed by atoms with Gasteiger partial charge in [-0.1, -0.05) is 65.5 Å². The highest BCUT2D eigenvalue weighted by molar-refractivity contribution is 5.97. The number of aliphatic hydroxyl groups excluding tert-OH is 2. The van der Waals surface area contributed by atoms with Gasteiger partial charge in [0.1, 0.15) is 12.1 Å². The van der Waals surface area contributed by atoms with Gasteiger partial charge in [0.2, 0.25) is 5.91 Å². The molecule has 5 rings (SSSR count). The zero-order chi connectivity index (χ0) is 36.9. The van der Waals surface area contributed by atoms with E-state index < -0.39 is 24.2 Å². The van der Waals surface area contributed by atoms with Crippen LogP contribution in [0.15, 0.2) is 49.1 Å². The molecule has 2 amide bonds. The molecule has 1 heterocycles. The van der Waals surface area contributed by atoms with Crippen LogP contribution in [-0.2, 0) is 14.4 Å². The summed E-state index contributed by atoms with van der Waals surface area (Å²) in [7, 11) is 5.51. The number of ether oxygens (including phenoxy) is 1. The highest BCUT2D eigenvalue weighted by Crippen LogP contribution is 2.61. The predicted octanol–water partition coefficient (Wildman–Crippen LogP) is 4.83. The molecule has 9 atom stereocenters. The number of rotatable bonds is 16. The normalized spacial score (nSPS) is 29.0. The molecule has 3 saturated carbocycles. The first-order chi connectivity index (χ1) is 23.6. The summed E-state index contributed by atoms with van der Waals surface area (Å²) in [6.07, 6.45) is 8.77. The average Bonchev–Trinajstić information content (AvgIpc) is 3.43. The minimum Gasteiger partial charge on any atom is -0.394 e. The Bertz CT molecular complexity index is 1400. The van der Waals surface area contributed by atoms with Crippen LogP contribution in [0.25, 0.3) is 5.57 Å². The van der Waals surface area contributed by atoms with Crippen molar-refractivity contribution in [2.75, 3.05) is 45.9 Å². The lowest BCUT2D eigenvalue weighted by Crippen LogP contribution is -2.62. The zero-order valence-electron chi connectivity index (χ0n) is 31.7. The Morgan fingerprint density at radius 1 is 1.18 bits per heavy atom. The van der Waals surface area contributed by atoms with Gasteiger partial charge in [0.15, 0.2) is 0 Å². The lowest BCUT2D eigenvalue weighted by Gasteiger charge is -2.62. The highest BCUT2D eigenvalue weighted by atomic mass is 16.7. The Balaban J connectivity index is 1.56. The Labute approximate surface area is 299 Å². The molecule has 3 aliphatic carbocycles. The van der Waals surface area contributed by atoms with Gasteiger partial charge in [-0.2, -0.15) is 5.06 Å². The number of hydrogen-bond donors (Lipinski definition) is 4. The number of fused-ring (bicyclic) bond motifs is 2. The third-order valence-electron chi connectivity index (χ3n) is 11.4. The van der Waals surface area contributed by atoms with Crippen LogP contribution in [0.4, 0.5) is 5.69 Å². The number of amides is 2. The summed E-state index contributed by atoms with van der Waals surface area (Å²) in [6.45, 7) is 17.1. The average molecular weight is 695 g/mol. The van der Waals surface area contributed by atoms with E-state index in [1.807, 2.05) is 55.4 Å². The van der Waals surface area contributed by atoms with Gasteiger partial charge in [0, 0.05) is 51.0 Å². The van der Waals surface area contributed by atoms with E-state index in [1.165, 1.54) is 6.42 Å². The lowest BCUT2D eigenvalue weighted by atomic mass is 9.45. The van der Waals surface area contributed by atoms with E-state index in [-0.39, 0.29) is 37.0 Å². The third-order valence-corrected chi connectivity index (χ3v) is 11.4. The Morgan fingerprint density at radius 3 is 2.44 bits per heavy atom. The molecule has 0 spiro atoms. The predicted molar refractivity (Wildman–Crippen MR) is 199 cm³/mol. The molecular formula is C40H62N4O6. The van der Waals surface area contributed by atoms with Crippen LogP contribution in [0, 0.1) is 35.0 Å². The van der Waals surface area contributed by atoms with Gasteiger partial charge in [-0.25, -0.2) is 0 Å². The van der Waals surface area contributed by atoms with E-state index in [4.69, 9.17) is 9.57 Å². The van der Waals surface area contributed by atoms with Crippen LogP contribution in [-0.4, -0.2) is 98.4 Å². The number of carbonyl (C=O) groups is 2. The van der Waals surface area contributed by atoms with Crippen molar-refractivity contribution in [1.29, 1.82) is 0 Å². The van der Waals surface area contributed by atoms with Crippen molar-refractivity contribution >= 4 is 23.1 Å². The fourth-order valence-corrected chi connectivity index (χ4v) is 8.54. The second-order valence-electron chi connectivity index (χ2n) is 15.9. The summed E-state index contributed by atoms with van der Waals surface area (Å²) < 4.78 is 5.38. The van der Waals surface area contributed by atoms with Crippen molar-refractivity contribution in [2.45, 2.75) is 91.1 Å². The van der Waals surface area contributed by atoms with Crippen LogP contribution in [0.3, 0.4) is 0 Å². The van der Waals surface area contributed by atoms with Gasteiger partial charge in [-0.3, -0.25) is 14.4 Å². The molecule has 278 valence electrons. The number of benzene rings is 1. The number of hydrogen-bond acceptors (Lipinski definition) is 8. The maximum atomic E-state index is 14.0. The Morgan fingerprint density at radius 2 is 1.88 bits per heavy atom. The molecule has 1 aromatic rings. The van der Waals surface area contributed by atoms with Crippen LogP contribution < -0.4 is 15.5 Å². The molecular weight excluding hydrogens is 632 g/mol. The second kappa shape index (κ2) is 17.0. The van der Waals surface area contributed by atoms with E-state index in [0.29, 0.717) is 41.3 Å². The molecule has 10 heteroatoms. The molecule has 0 aromatic heterocycles. The van der Waals surface area contributed by atoms with Crippen LogP contribution in [0.1, 0.15) is 76.7 Å². The highest BCUT2D eigenvalue weighted by Gasteiger charge is 2.57. The Hall–Kier alpha value is -3.02. The van der Waals surface area contributed by atoms with Crippen molar-refractivity contribution in [3.63, 3.8) is 0 Å². The van der Waals surface area contributed by atoms with E-state index in [9.17, 15) is 19.8 Å². The van der Waals surface area contributed by atoms with Crippen molar-refractivity contribution in [3.05, 3.63) is 60.2 Å². The largest absolute Gasteiger partial charge is 0.394 e. The van der Waals surface area contributed by atoms with Gasteiger partial charge in [0.05, 0.1) is 25.4 Å². The summed E-state index contributed by atoms with van der Waals surface area (Å²) in [5.74, 6) is 0.951. The number of carbonyl (C=O) groups excluding carboxylic acids is 2. The van der Waals surface area contributed by atoms with E-state index in [2.05, 4.69) is 51.8 Å². The first-order valence-corrected chi connectivity index (χ1v) is 18.3. The molecule has 2 bridgehead atoms. The zero-order valence-corrected chi connectivity index (χ0v) is 31.7. The van der Waals surface area contributed by atoms with Gasteiger partial charge in [-0.05, 0) is 84.6 Å². The monoisotopic (exact) mass is 694 g/mol. The van der Waals surface area contributed by atoms with Gasteiger partial charge in [0.25, 0.3) is 5.91 Å². The number of allylic oxidation sites excluding steroid dienone is 4. The standard InChI is InChI=1S/C40H62N4O6/c1-11-13-27(28-17-29(19-32(18-28)43(8)9)38(47)41-31(23-49-10)16-24(2)3)14-12-15-44-37(36(26(5)46)35(22-45)50-44)39(48)42-34-21-30-20-33(25(34)4)40(30,6)7/h11-14,17-19,24-26,30-31,33-37,45-46H,1,15-16,20-23H2,2-10H3,(H,41,47)(H,42,48)/b14-12+,27-13+/t25-,26-,30+,31+,33-,34-,35-,36+,37-/m0/s1. The maximum Gasteiger partial charge on any atom is 0.251 e. The van der Waals surface area contributed by atoms with Crippen LogP contribution >= 0.6 is 0 Å². The molecule has 4 fully saturated rings. The molecule has 0 unspecified atom stereocenters. The lowest BCUT2D eigenvalue weighted by molar-refractivity contribution is -0.172. The Kier molecular flexibility index (Phi) is 13.5. The topological polar surface area (TPSA) is 124 Å². The van der Waals surface area contributed by atoms with E-state index in [1.54, 1.807) is 25.2 Å². The minimum absolute atomic E-state index is 0.0622. The molecule has 1 saturated heterocycles. The fourth-order valence-electron chi connectivity index (χ4n) is 8.54. The maximum absolute atomic E-state index is 14.0. The molecule has 10 nitrogen and oxygen atoms in total. The molecule has 1 aromatic carbocycles. The summed E-state index contributed by atoms with van der Waals surface area (Å²) >= 11 is 0. The molecule has 50 heavy (non-hydrogen) atoms. The summed E-state index contributed by atoms with van der Waals surface area (Å²) in [6, 6.07) is 4.93. The summed E-state index contributed by atoms with van der Waals surface area (Å²) in [5, 5.41) is 29.0. The van der Waals surface area contributed by atoms with E-state index in [0.717, 1.165) is 29.7 Å². The van der Waals surface area contributed by atoms with Gasteiger partial charge in [-0.15, -0.1) is 0 Å². The SMILES string of the molecule is C=C/C=C(\C=C\CN1O[C@@H](CO)[C@@H]([C@H](C)O)[C@H]1C(=O)N[C@H]1C[C@H]2C[C@@H]([C@@H]1C)C2(C)C)c1cc(C(=O)N[C@@H](COC)CC(C)C)cc(N(C)C)c1. The van der Waals surface area contributed by atoms with Gasteiger partial charge >= 0.3 is 0 Å². The fraction of sp³-hybridized carbons (Fsp3) is 0.650. The minimum atomic E-state index is -0.869. The van der Waals surface area contributed by atoms with Crippen molar-refractivity contribution < 1.29 is 29.4 Å². The second-order valence-corrected chi connectivity index (χ2v) is 15.9.